The summed E-state index contributed by atoms with van der Waals surface area (Å²) in [5.41, 5.74) is 13.2. The van der Waals surface area contributed by atoms with Crippen LogP contribution in [0.3, 0.4) is 0 Å². The number of aromatic nitrogens is 4. The molecule has 12 heteroatoms. The van der Waals surface area contributed by atoms with Crippen molar-refractivity contribution < 1.29 is 27.1 Å². The number of imidazole rings is 1. The third-order valence-electron chi connectivity index (χ3n) is 5.59. The van der Waals surface area contributed by atoms with Gasteiger partial charge in [-0.25, -0.2) is 18.9 Å². The van der Waals surface area contributed by atoms with Crippen LogP contribution in [0.25, 0.3) is 16.8 Å². The summed E-state index contributed by atoms with van der Waals surface area (Å²) in [4.78, 5) is 19.8. The van der Waals surface area contributed by atoms with E-state index in [1.165, 1.54) is 13.2 Å². The van der Waals surface area contributed by atoms with E-state index in [2.05, 4.69) is 15.1 Å². The van der Waals surface area contributed by atoms with Crippen molar-refractivity contribution in [2.75, 3.05) is 12.8 Å². The number of amides is 1. The molecule has 1 amide bonds. The third-order valence-corrected chi connectivity index (χ3v) is 5.59. The number of halogens is 4. The van der Waals surface area contributed by atoms with Crippen molar-refractivity contribution >= 4 is 17.2 Å². The monoisotopic (exact) mass is 488 g/mol. The van der Waals surface area contributed by atoms with Gasteiger partial charge in [-0.1, -0.05) is 24.3 Å². The highest BCUT2D eigenvalue weighted by Crippen LogP contribution is 2.37. The lowest BCUT2D eigenvalue weighted by Gasteiger charge is -2.13. The lowest BCUT2D eigenvalue weighted by Crippen LogP contribution is -2.20. The first kappa shape index (κ1) is 23.9. The molecule has 1 atom stereocenters. The van der Waals surface area contributed by atoms with Crippen LogP contribution in [0.2, 0.25) is 0 Å². The molecule has 2 heterocycles. The molecule has 0 aliphatic heterocycles. The number of methoxy groups -OCH3 is 1. The largest absolute Gasteiger partial charge is 0.496 e. The molecule has 182 valence electrons. The molecular weight excluding hydrogens is 468 g/mol. The van der Waals surface area contributed by atoms with Crippen LogP contribution in [0, 0.1) is 5.82 Å². The predicted octanol–water partition coefficient (Wildman–Crippen LogP) is 3.88. The number of carbonyl (C=O) groups is 1. The number of anilines is 1. The number of alkyl halides is 3. The van der Waals surface area contributed by atoms with Crippen LogP contribution in [0.1, 0.15) is 40.2 Å². The zero-order valence-corrected chi connectivity index (χ0v) is 18.6. The van der Waals surface area contributed by atoms with Crippen LogP contribution in [0.4, 0.5) is 23.4 Å². The smallest absolute Gasteiger partial charge is 0.398 e. The molecule has 4 N–H and O–H groups in total. The number of hydrogen-bond acceptors (Lipinski definition) is 6. The van der Waals surface area contributed by atoms with Gasteiger partial charge in [-0.15, -0.1) is 0 Å². The Morgan fingerprint density at radius 2 is 1.89 bits per heavy atom. The number of fused-ring (bicyclic) bond motifs is 1. The summed E-state index contributed by atoms with van der Waals surface area (Å²) >= 11 is 0. The van der Waals surface area contributed by atoms with Gasteiger partial charge in [0.2, 0.25) is 0 Å². The van der Waals surface area contributed by atoms with E-state index in [1.807, 2.05) is 0 Å². The Labute approximate surface area is 196 Å². The summed E-state index contributed by atoms with van der Waals surface area (Å²) < 4.78 is 60.6. The summed E-state index contributed by atoms with van der Waals surface area (Å²) in [6.07, 6.45) is -3.26. The molecule has 0 radical (unpaired) electrons. The van der Waals surface area contributed by atoms with Gasteiger partial charge in [0.25, 0.3) is 5.91 Å². The van der Waals surface area contributed by atoms with Crippen molar-refractivity contribution in [3.63, 3.8) is 0 Å². The zero-order valence-electron chi connectivity index (χ0n) is 18.6. The van der Waals surface area contributed by atoms with Crippen LogP contribution < -0.4 is 16.2 Å². The first-order chi connectivity index (χ1) is 16.5. The van der Waals surface area contributed by atoms with Crippen LogP contribution >= 0.6 is 0 Å². The molecule has 2 aromatic carbocycles. The maximum absolute atomic E-state index is 14.1. The number of ether oxygens (including phenoxy) is 1. The van der Waals surface area contributed by atoms with E-state index in [9.17, 15) is 22.4 Å². The van der Waals surface area contributed by atoms with Crippen molar-refractivity contribution in [2.24, 2.45) is 5.73 Å². The molecule has 0 bridgehead atoms. The molecule has 4 rings (SSSR count). The minimum absolute atomic E-state index is 0.0179. The normalized spacial score (nSPS) is 12.6. The summed E-state index contributed by atoms with van der Waals surface area (Å²) in [5.74, 6) is -3.53. The van der Waals surface area contributed by atoms with E-state index in [0.29, 0.717) is 16.7 Å². The van der Waals surface area contributed by atoms with E-state index >= 15 is 0 Å². The van der Waals surface area contributed by atoms with Gasteiger partial charge in [0.15, 0.2) is 5.82 Å². The van der Waals surface area contributed by atoms with Crippen molar-refractivity contribution in [3.8, 4) is 17.0 Å². The molecule has 1 unspecified atom stereocenters. The number of carbonyl (C=O) groups excluding carboxylic acids is 1. The summed E-state index contributed by atoms with van der Waals surface area (Å²) in [7, 11) is 1.35. The Bertz CT molecular complexity index is 1420. The fraction of sp³-hybridized carbons (Fsp3) is 0.217. The summed E-state index contributed by atoms with van der Waals surface area (Å²) in [6, 6.07) is 8.93. The number of nitrogen functional groups attached to an aromatic ring is 1. The second-order valence-electron chi connectivity index (χ2n) is 7.87. The maximum Gasteiger partial charge on any atom is 0.398 e. The molecule has 0 aliphatic carbocycles. The summed E-state index contributed by atoms with van der Waals surface area (Å²) in [5, 5.41) is 3.92. The van der Waals surface area contributed by atoms with Crippen molar-refractivity contribution in [1.29, 1.82) is 0 Å². The molecule has 0 spiro atoms. The lowest BCUT2D eigenvalue weighted by atomic mass is 9.99. The number of nitrogens with zero attached hydrogens (tertiary/aromatic N) is 4. The number of hydrogen-bond donors (Lipinski definition) is 2. The van der Waals surface area contributed by atoms with Crippen molar-refractivity contribution in [3.05, 3.63) is 71.1 Å². The van der Waals surface area contributed by atoms with Gasteiger partial charge in [-0.2, -0.15) is 18.3 Å². The third kappa shape index (κ3) is 4.46. The standard InChI is InChI=1S/C23H20F4N6O2/c1-11(23(25,26)27)22-32-17(18-20(28)30-10-31-33(18)22)13-5-3-12(4-6-13)7-14-8-15(24)9-16(21(29)34)19(14)35-2/h3-6,8-11H,7H2,1-2H3,(H2,29,34)(H2,28,30,31). The Morgan fingerprint density at radius 3 is 2.49 bits per heavy atom. The number of nitrogens with two attached hydrogens (primary N) is 2. The fourth-order valence-corrected chi connectivity index (χ4v) is 3.81. The molecule has 0 fully saturated rings. The highest BCUT2D eigenvalue weighted by Gasteiger charge is 2.41. The number of rotatable bonds is 6. The van der Waals surface area contributed by atoms with E-state index in [1.54, 1.807) is 24.3 Å². The van der Waals surface area contributed by atoms with Crippen LogP contribution in [-0.4, -0.2) is 38.8 Å². The topological polar surface area (TPSA) is 121 Å². The highest BCUT2D eigenvalue weighted by molar-refractivity contribution is 5.96. The van der Waals surface area contributed by atoms with Gasteiger partial charge >= 0.3 is 6.18 Å². The predicted molar refractivity (Wildman–Crippen MR) is 119 cm³/mol. The molecule has 2 aromatic heterocycles. The van der Waals surface area contributed by atoms with E-state index in [4.69, 9.17) is 16.2 Å². The fourth-order valence-electron chi connectivity index (χ4n) is 3.81. The summed E-state index contributed by atoms with van der Waals surface area (Å²) in [6.45, 7) is 0.993. The Hall–Kier alpha value is -4.22. The first-order valence-corrected chi connectivity index (χ1v) is 10.3. The van der Waals surface area contributed by atoms with Crippen LogP contribution in [-0.2, 0) is 6.42 Å². The first-order valence-electron chi connectivity index (χ1n) is 10.3. The van der Waals surface area contributed by atoms with Gasteiger partial charge < -0.3 is 16.2 Å². The molecule has 35 heavy (non-hydrogen) atoms. The average molecular weight is 488 g/mol. The van der Waals surface area contributed by atoms with Gasteiger partial charge in [0.1, 0.15) is 40.8 Å². The minimum atomic E-state index is -4.53. The number of benzene rings is 2. The second kappa shape index (κ2) is 8.85. The lowest BCUT2D eigenvalue weighted by molar-refractivity contribution is -0.148. The molecular formula is C23H20F4N6O2. The molecule has 4 aromatic rings. The van der Waals surface area contributed by atoms with Crippen molar-refractivity contribution in [1.82, 2.24) is 19.6 Å². The zero-order chi connectivity index (χ0) is 25.5. The quantitative estimate of drug-likeness (QED) is 0.398. The Morgan fingerprint density at radius 1 is 1.20 bits per heavy atom. The van der Waals surface area contributed by atoms with Crippen LogP contribution in [0.5, 0.6) is 5.75 Å². The minimum Gasteiger partial charge on any atom is -0.496 e. The van der Waals surface area contributed by atoms with Gasteiger partial charge in [-0.05, 0) is 24.6 Å². The Balaban J connectivity index is 1.74. The van der Waals surface area contributed by atoms with E-state index in [-0.39, 0.29) is 40.6 Å². The second-order valence-corrected chi connectivity index (χ2v) is 7.87. The van der Waals surface area contributed by atoms with Gasteiger partial charge in [0, 0.05) is 17.5 Å². The van der Waals surface area contributed by atoms with E-state index < -0.39 is 23.8 Å². The Kier molecular flexibility index (Phi) is 6.05. The molecule has 0 saturated carbocycles. The highest BCUT2D eigenvalue weighted by atomic mass is 19.4. The average Bonchev–Trinajstić information content (AvgIpc) is 3.19. The maximum atomic E-state index is 14.1. The number of primary amides is 1. The van der Waals surface area contributed by atoms with Gasteiger partial charge in [-0.3, -0.25) is 4.79 Å². The van der Waals surface area contributed by atoms with Crippen molar-refractivity contribution in [2.45, 2.75) is 25.4 Å². The molecule has 0 aliphatic rings. The van der Waals surface area contributed by atoms with Gasteiger partial charge in [0.05, 0.1) is 12.7 Å². The molecule has 0 saturated heterocycles. The molecule has 8 nitrogen and oxygen atoms in total. The van der Waals surface area contributed by atoms with E-state index in [0.717, 1.165) is 23.8 Å². The van der Waals surface area contributed by atoms with Crippen LogP contribution in [0.15, 0.2) is 42.7 Å². The SMILES string of the molecule is COc1c(Cc2ccc(-c3nc(C(C)C(F)(F)F)n4ncnc(N)c34)cc2)cc(F)cc1C(N)=O.